The number of carbonyl (C=O) groups is 2. The molecule has 0 unspecified atom stereocenters. The standard InChI is InChI=1S/C30H35N3O4/c1-5-37-30(35)28-19(2)32(3)17-27(28)25-13-21-10-11-31-15-23(21)14-26(25)29(34)33-16-22-9-7-6-8-20(22)12-24(33)18-36-4/h6-9,13-14,17,24,31H,5,10-12,15-16,18H2,1-4H3/t24-/m0/s1. The van der Waals surface area contributed by atoms with Gasteiger partial charge in [0.05, 0.1) is 24.8 Å². The molecule has 37 heavy (non-hydrogen) atoms. The molecular weight excluding hydrogens is 466 g/mol. The Bertz CT molecular complexity index is 1340. The molecule has 194 valence electrons. The second kappa shape index (κ2) is 10.5. The first-order valence-electron chi connectivity index (χ1n) is 13.0. The van der Waals surface area contributed by atoms with Crippen LogP contribution in [0.15, 0.2) is 42.6 Å². The van der Waals surface area contributed by atoms with Crippen LogP contribution < -0.4 is 5.32 Å². The minimum absolute atomic E-state index is 0.0451. The lowest BCUT2D eigenvalue weighted by Gasteiger charge is -2.37. The second-order valence-corrected chi connectivity index (χ2v) is 9.94. The number of aryl methyl sites for hydroxylation is 1. The van der Waals surface area contributed by atoms with E-state index >= 15 is 0 Å². The molecule has 3 aromatic rings. The summed E-state index contributed by atoms with van der Waals surface area (Å²) < 4.78 is 12.9. The van der Waals surface area contributed by atoms with E-state index in [1.165, 1.54) is 11.1 Å². The minimum Gasteiger partial charge on any atom is -0.462 e. The van der Waals surface area contributed by atoms with Crippen molar-refractivity contribution < 1.29 is 19.1 Å². The number of aromatic nitrogens is 1. The van der Waals surface area contributed by atoms with Crippen LogP contribution in [0.5, 0.6) is 0 Å². The predicted molar refractivity (Wildman–Crippen MR) is 143 cm³/mol. The largest absolute Gasteiger partial charge is 0.462 e. The highest BCUT2D eigenvalue weighted by Crippen LogP contribution is 2.36. The molecule has 2 aromatic carbocycles. The number of nitrogens with zero attached hydrogens (tertiary/aromatic N) is 2. The number of fused-ring (bicyclic) bond motifs is 2. The van der Waals surface area contributed by atoms with Crippen molar-refractivity contribution in [3.63, 3.8) is 0 Å². The van der Waals surface area contributed by atoms with E-state index in [-0.39, 0.29) is 17.9 Å². The molecule has 0 bridgehead atoms. The summed E-state index contributed by atoms with van der Waals surface area (Å²) in [5, 5.41) is 3.42. The Hall–Kier alpha value is -3.42. The lowest BCUT2D eigenvalue weighted by Crippen LogP contribution is -2.46. The maximum absolute atomic E-state index is 14.4. The summed E-state index contributed by atoms with van der Waals surface area (Å²) in [6, 6.07) is 12.4. The fourth-order valence-electron chi connectivity index (χ4n) is 5.65. The second-order valence-electron chi connectivity index (χ2n) is 9.94. The molecule has 1 N–H and O–H groups in total. The predicted octanol–water partition coefficient (Wildman–Crippen LogP) is 4.04. The van der Waals surface area contributed by atoms with E-state index in [4.69, 9.17) is 9.47 Å². The van der Waals surface area contributed by atoms with Gasteiger partial charge in [0.2, 0.25) is 0 Å². The van der Waals surface area contributed by atoms with Gasteiger partial charge in [0.1, 0.15) is 0 Å². The van der Waals surface area contributed by atoms with Gasteiger partial charge in [-0.3, -0.25) is 4.79 Å². The summed E-state index contributed by atoms with van der Waals surface area (Å²) in [7, 11) is 3.60. The number of methoxy groups -OCH3 is 1. The normalized spacial score (nSPS) is 16.8. The molecule has 0 spiro atoms. The van der Waals surface area contributed by atoms with Gasteiger partial charge in [-0.2, -0.15) is 0 Å². The van der Waals surface area contributed by atoms with Crippen molar-refractivity contribution in [3.8, 4) is 11.1 Å². The maximum atomic E-state index is 14.4. The number of nitrogens with one attached hydrogen (secondary N) is 1. The number of benzene rings is 2. The minimum atomic E-state index is -0.363. The summed E-state index contributed by atoms with van der Waals surface area (Å²) in [6.07, 6.45) is 3.57. The summed E-state index contributed by atoms with van der Waals surface area (Å²) in [4.78, 5) is 29.4. The third-order valence-electron chi connectivity index (χ3n) is 7.68. The van der Waals surface area contributed by atoms with Crippen LogP contribution in [0, 0.1) is 6.92 Å². The Morgan fingerprint density at radius 2 is 1.86 bits per heavy atom. The summed E-state index contributed by atoms with van der Waals surface area (Å²) >= 11 is 0. The van der Waals surface area contributed by atoms with E-state index in [0.717, 1.165) is 53.9 Å². The molecule has 7 heteroatoms. The smallest absolute Gasteiger partial charge is 0.340 e. The van der Waals surface area contributed by atoms with Crippen molar-refractivity contribution in [3.05, 3.63) is 81.7 Å². The zero-order chi connectivity index (χ0) is 26.1. The van der Waals surface area contributed by atoms with E-state index in [9.17, 15) is 9.59 Å². The van der Waals surface area contributed by atoms with E-state index < -0.39 is 0 Å². The lowest BCUT2D eigenvalue weighted by molar-refractivity contribution is 0.0476. The van der Waals surface area contributed by atoms with Gasteiger partial charge >= 0.3 is 5.97 Å². The molecule has 0 radical (unpaired) electrons. The van der Waals surface area contributed by atoms with Gasteiger partial charge in [0.25, 0.3) is 5.91 Å². The van der Waals surface area contributed by atoms with Gasteiger partial charge in [-0.25, -0.2) is 4.79 Å². The fourth-order valence-corrected chi connectivity index (χ4v) is 5.65. The topological polar surface area (TPSA) is 72.8 Å². The van der Waals surface area contributed by atoms with Crippen LogP contribution in [0.3, 0.4) is 0 Å². The highest BCUT2D eigenvalue weighted by Gasteiger charge is 2.33. The van der Waals surface area contributed by atoms with Crippen LogP contribution in [0.4, 0.5) is 0 Å². The lowest BCUT2D eigenvalue weighted by atomic mass is 9.88. The van der Waals surface area contributed by atoms with Crippen LogP contribution in [-0.2, 0) is 42.5 Å². The molecule has 7 nitrogen and oxygen atoms in total. The molecule has 0 saturated carbocycles. The first-order chi connectivity index (χ1) is 17.9. The van der Waals surface area contributed by atoms with E-state index in [1.54, 1.807) is 14.0 Å². The molecule has 5 rings (SSSR count). The van der Waals surface area contributed by atoms with E-state index in [0.29, 0.717) is 30.9 Å². The zero-order valence-corrected chi connectivity index (χ0v) is 22.1. The summed E-state index contributed by atoms with van der Waals surface area (Å²) in [5.74, 6) is -0.409. The number of rotatable bonds is 6. The molecule has 0 saturated heterocycles. The Morgan fingerprint density at radius 1 is 1.08 bits per heavy atom. The van der Waals surface area contributed by atoms with E-state index in [1.807, 2.05) is 47.8 Å². The van der Waals surface area contributed by atoms with Crippen LogP contribution in [0.1, 0.15) is 55.6 Å². The third kappa shape index (κ3) is 4.69. The number of hydrogen-bond acceptors (Lipinski definition) is 5. The molecular formula is C30H35N3O4. The Morgan fingerprint density at radius 3 is 2.62 bits per heavy atom. The average Bonchev–Trinajstić information content (AvgIpc) is 3.21. The van der Waals surface area contributed by atoms with Crippen LogP contribution in [-0.4, -0.2) is 54.3 Å². The number of esters is 1. The van der Waals surface area contributed by atoms with Gasteiger partial charge in [-0.05, 0) is 73.2 Å². The van der Waals surface area contributed by atoms with Gasteiger partial charge < -0.3 is 24.3 Å². The Labute approximate surface area is 218 Å². The number of ether oxygens (including phenoxy) is 2. The maximum Gasteiger partial charge on any atom is 0.340 e. The third-order valence-corrected chi connectivity index (χ3v) is 7.68. The van der Waals surface area contributed by atoms with Crippen molar-refractivity contribution in [2.75, 3.05) is 26.9 Å². The van der Waals surface area contributed by atoms with Crippen LogP contribution in [0.25, 0.3) is 11.1 Å². The van der Waals surface area contributed by atoms with Crippen molar-refractivity contribution in [2.45, 2.75) is 45.8 Å². The zero-order valence-electron chi connectivity index (χ0n) is 22.1. The molecule has 1 atom stereocenters. The van der Waals surface area contributed by atoms with Crippen molar-refractivity contribution in [1.82, 2.24) is 14.8 Å². The number of carbonyl (C=O) groups excluding carboxylic acids is 2. The van der Waals surface area contributed by atoms with Crippen molar-refractivity contribution in [1.29, 1.82) is 0 Å². The van der Waals surface area contributed by atoms with Crippen molar-refractivity contribution >= 4 is 11.9 Å². The first kappa shape index (κ1) is 25.2. The highest BCUT2D eigenvalue weighted by molar-refractivity contribution is 6.06. The Balaban J connectivity index is 1.66. The fraction of sp³-hybridized carbons (Fsp3) is 0.400. The van der Waals surface area contributed by atoms with E-state index in [2.05, 4.69) is 23.5 Å². The molecule has 2 aliphatic rings. The van der Waals surface area contributed by atoms with Gasteiger partial charge in [-0.15, -0.1) is 0 Å². The average molecular weight is 502 g/mol. The molecule has 0 aliphatic carbocycles. The molecule has 0 fully saturated rings. The summed E-state index contributed by atoms with van der Waals surface area (Å²) in [6.45, 7) is 6.60. The van der Waals surface area contributed by atoms with Crippen molar-refractivity contribution in [2.24, 2.45) is 7.05 Å². The molecule has 2 aliphatic heterocycles. The number of amides is 1. The molecule has 1 aromatic heterocycles. The van der Waals surface area contributed by atoms with Gasteiger partial charge in [0, 0.05) is 50.3 Å². The van der Waals surface area contributed by atoms with Gasteiger partial charge in [-0.1, -0.05) is 24.3 Å². The number of hydrogen-bond donors (Lipinski definition) is 1. The molecule has 1 amide bonds. The highest BCUT2D eigenvalue weighted by atomic mass is 16.5. The SMILES string of the molecule is CCOC(=O)c1c(-c2cc3c(cc2C(=O)N2Cc4ccccc4C[C@H]2COC)CNCC3)cn(C)c1C. The molecule has 3 heterocycles. The first-order valence-corrected chi connectivity index (χ1v) is 13.0. The quantitative estimate of drug-likeness (QED) is 0.517. The summed E-state index contributed by atoms with van der Waals surface area (Å²) in [5.41, 5.74) is 8.22. The van der Waals surface area contributed by atoms with Gasteiger partial charge in [0.15, 0.2) is 0 Å². The van der Waals surface area contributed by atoms with Crippen LogP contribution >= 0.6 is 0 Å². The Kier molecular flexibility index (Phi) is 7.17. The van der Waals surface area contributed by atoms with Crippen LogP contribution in [0.2, 0.25) is 0 Å². The monoisotopic (exact) mass is 501 g/mol.